The van der Waals surface area contributed by atoms with Gasteiger partial charge in [-0.3, -0.25) is 4.79 Å². The SMILES string of the molecule is O=C1C[CH]CCC1. The van der Waals surface area contributed by atoms with Crippen LogP contribution in [-0.2, 0) is 4.79 Å². The molecule has 1 nitrogen and oxygen atoms in total. The van der Waals surface area contributed by atoms with Crippen molar-refractivity contribution in [3.63, 3.8) is 0 Å². The zero-order valence-corrected chi connectivity index (χ0v) is 4.31. The van der Waals surface area contributed by atoms with Gasteiger partial charge >= 0.3 is 0 Å². The Balaban J connectivity index is 2.25. The molecule has 0 aromatic rings. The van der Waals surface area contributed by atoms with Gasteiger partial charge in [-0.05, 0) is 19.3 Å². The summed E-state index contributed by atoms with van der Waals surface area (Å²) < 4.78 is 0. The van der Waals surface area contributed by atoms with Crippen LogP contribution in [0.3, 0.4) is 0 Å². The van der Waals surface area contributed by atoms with E-state index in [4.69, 9.17) is 0 Å². The van der Waals surface area contributed by atoms with E-state index in [1.54, 1.807) is 0 Å². The smallest absolute Gasteiger partial charge is 0.133 e. The van der Waals surface area contributed by atoms with Crippen LogP contribution in [0, 0.1) is 6.42 Å². The lowest BCUT2D eigenvalue weighted by molar-refractivity contribution is -0.119. The molecule has 1 radical (unpaired) electrons. The molecule has 0 atom stereocenters. The van der Waals surface area contributed by atoms with E-state index >= 15 is 0 Å². The molecule has 0 unspecified atom stereocenters. The van der Waals surface area contributed by atoms with Crippen molar-refractivity contribution >= 4 is 5.78 Å². The number of rotatable bonds is 0. The molecular weight excluding hydrogens is 88.1 g/mol. The lowest BCUT2D eigenvalue weighted by atomic mass is 10.00. The van der Waals surface area contributed by atoms with E-state index in [-0.39, 0.29) is 0 Å². The summed E-state index contributed by atoms with van der Waals surface area (Å²) in [5.74, 6) is 0.409. The normalized spacial score (nSPS) is 22.6. The summed E-state index contributed by atoms with van der Waals surface area (Å²) in [5, 5.41) is 0. The van der Waals surface area contributed by atoms with Crippen LogP contribution in [0.4, 0.5) is 0 Å². The van der Waals surface area contributed by atoms with E-state index in [0.717, 1.165) is 25.7 Å². The van der Waals surface area contributed by atoms with Gasteiger partial charge in [-0.15, -0.1) is 0 Å². The Labute approximate surface area is 43.7 Å². The van der Waals surface area contributed by atoms with Crippen LogP contribution >= 0.6 is 0 Å². The number of hydrogen-bond acceptors (Lipinski definition) is 1. The molecule has 1 aliphatic rings. The minimum atomic E-state index is 0.409. The van der Waals surface area contributed by atoms with Crippen molar-refractivity contribution in [1.82, 2.24) is 0 Å². The Morgan fingerprint density at radius 1 is 1.57 bits per heavy atom. The molecule has 1 fully saturated rings. The fraction of sp³-hybridized carbons (Fsp3) is 0.667. The third-order valence-electron chi connectivity index (χ3n) is 1.24. The molecule has 0 saturated heterocycles. The topological polar surface area (TPSA) is 17.1 Å². The minimum absolute atomic E-state index is 0.409. The Bertz CT molecular complexity index is 68.2. The molecule has 0 amide bonds. The molecule has 0 heterocycles. The molecule has 0 aromatic heterocycles. The molecule has 39 valence electrons. The first-order valence-electron chi connectivity index (χ1n) is 2.73. The van der Waals surface area contributed by atoms with Gasteiger partial charge in [0.2, 0.25) is 0 Å². The summed E-state index contributed by atoms with van der Waals surface area (Å²) in [5.41, 5.74) is 0. The average molecular weight is 97.1 g/mol. The lowest BCUT2D eigenvalue weighted by Crippen LogP contribution is -2.03. The molecule has 1 rings (SSSR count). The quantitative estimate of drug-likeness (QED) is 0.445. The van der Waals surface area contributed by atoms with Gasteiger partial charge in [-0.1, -0.05) is 0 Å². The van der Waals surface area contributed by atoms with Gasteiger partial charge in [0, 0.05) is 12.8 Å². The second-order valence-corrected chi connectivity index (χ2v) is 1.92. The maximum absolute atomic E-state index is 10.4. The largest absolute Gasteiger partial charge is 0.300 e. The number of carbonyl (C=O) groups is 1. The predicted octanol–water partition coefficient (Wildman–Crippen LogP) is 1.33. The minimum Gasteiger partial charge on any atom is -0.300 e. The van der Waals surface area contributed by atoms with E-state index in [9.17, 15) is 4.79 Å². The Hall–Kier alpha value is -0.330. The van der Waals surface area contributed by atoms with Crippen molar-refractivity contribution in [3.8, 4) is 0 Å². The van der Waals surface area contributed by atoms with Gasteiger partial charge < -0.3 is 0 Å². The van der Waals surface area contributed by atoms with Gasteiger partial charge in [0.25, 0.3) is 0 Å². The van der Waals surface area contributed by atoms with Gasteiger partial charge in [-0.25, -0.2) is 0 Å². The van der Waals surface area contributed by atoms with Crippen molar-refractivity contribution in [2.45, 2.75) is 25.7 Å². The van der Waals surface area contributed by atoms with E-state index in [0.29, 0.717) is 5.78 Å². The van der Waals surface area contributed by atoms with Gasteiger partial charge in [0.15, 0.2) is 0 Å². The predicted molar refractivity (Wildman–Crippen MR) is 27.8 cm³/mol. The first kappa shape index (κ1) is 4.82. The molecule has 1 heteroatoms. The second kappa shape index (κ2) is 2.10. The standard InChI is InChI=1S/C6H9O/c7-6-4-2-1-3-5-6/h2H,1,3-5H2. The van der Waals surface area contributed by atoms with Crippen molar-refractivity contribution in [3.05, 3.63) is 6.42 Å². The summed E-state index contributed by atoms with van der Waals surface area (Å²) in [7, 11) is 0. The van der Waals surface area contributed by atoms with Crippen LogP contribution in [0.1, 0.15) is 25.7 Å². The fourth-order valence-corrected chi connectivity index (χ4v) is 0.809. The summed E-state index contributed by atoms with van der Waals surface area (Å²) >= 11 is 0. The molecule has 0 aromatic carbocycles. The van der Waals surface area contributed by atoms with Gasteiger partial charge in [-0.2, -0.15) is 0 Å². The van der Waals surface area contributed by atoms with Crippen LogP contribution < -0.4 is 0 Å². The molecule has 0 aliphatic heterocycles. The van der Waals surface area contributed by atoms with E-state index in [1.165, 1.54) is 0 Å². The van der Waals surface area contributed by atoms with Crippen LogP contribution in [0.15, 0.2) is 0 Å². The van der Waals surface area contributed by atoms with E-state index < -0.39 is 0 Å². The van der Waals surface area contributed by atoms with Crippen molar-refractivity contribution in [2.24, 2.45) is 0 Å². The first-order valence-corrected chi connectivity index (χ1v) is 2.73. The highest BCUT2D eigenvalue weighted by molar-refractivity contribution is 5.80. The van der Waals surface area contributed by atoms with Gasteiger partial charge in [0.1, 0.15) is 5.78 Å². The van der Waals surface area contributed by atoms with Crippen molar-refractivity contribution < 1.29 is 4.79 Å². The van der Waals surface area contributed by atoms with Crippen molar-refractivity contribution in [2.75, 3.05) is 0 Å². The fourth-order valence-electron chi connectivity index (χ4n) is 0.809. The average Bonchev–Trinajstić information content (AvgIpc) is 1.69. The summed E-state index contributed by atoms with van der Waals surface area (Å²) in [6.45, 7) is 0. The summed E-state index contributed by atoms with van der Waals surface area (Å²) in [6.07, 6.45) is 5.83. The number of hydrogen-bond donors (Lipinski definition) is 0. The molecule has 7 heavy (non-hydrogen) atoms. The molecule has 1 saturated carbocycles. The zero-order valence-electron chi connectivity index (χ0n) is 4.31. The third-order valence-corrected chi connectivity index (χ3v) is 1.24. The highest BCUT2D eigenvalue weighted by atomic mass is 16.1. The molecular formula is C6H9O. The van der Waals surface area contributed by atoms with E-state index in [2.05, 4.69) is 6.42 Å². The summed E-state index contributed by atoms with van der Waals surface area (Å²) in [4.78, 5) is 10.4. The highest BCUT2D eigenvalue weighted by Gasteiger charge is 2.06. The maximum Gasteiger partial charge on any atom is 0.133 e. The molecule has 0 bridgehead atoms. The third kappa shape index (κ3) is 1.30. The summed E-state index contributed by atoms with van der Waals surface area (Å²) in [6, 6.07) is 0. The number of Topliss-reactive ketones (excluding diaryl/α,β-unsaturated/α-hetero) is 1. The maximum atomic E-state index is 10.4. The van der Waals surface area contributed by atoms with Crippen LogP contribution in [-0.4, -0.2) is 5.78 Å². The zero-order chi connectivity index (χ0) is 5.11. The Morgan fingerprint density at radius 3 is 2.71 bits per heavy atom. The number of carbonyl (C=O) groups excluding carboxylic acids is 1. The first-order chi connectivity index (χ1) is 3.39. The lowest BCUT2D eigenvalue weighted by Gasteiger charge is -2.04. The van der Waals surface area contributed by atoms with Crippen molar-refractivity contribution in [1.29, 1.82) is 0 Å². The second-order valence-electron chi connectivity index (χ2n) is 1.92. The van der Waals surface area contributed by atoms with Crippen LogP contribution in [0.2, 0.25) is 0 Å². The Morgan fingerprint density at radius 2 is 2.43 bits per heavy atom. The number of ketones is 1. The highest BCUT2D eigenvalue weighted by Crippen LogP contribution is 2.11. The molecule has 0 N–H and O–H groups in total. The van der Waals surface area contributed by atoms with E-state index in [1.807, 2.05) is 0 Å². The molecule has 0 spiro atoms. The Kier molecular flexibility index (Phi) is 1.45. The monoisotopic (exact) mass is 97.1 g/mol. The molecule has 1 aliphatic carbocycles. The van der Waals surface area contributed by atoms with Crippen LogP contribution in [0.25, 0.3) is 0 Å². The van der Waals surface area contributed by atoms with Gasteiger partial charge in [0.05, 0.1) is 0 Å². The van der Waals surface area contributed by atoms with Crippen LogP contribution in [0.5, 0.6) is 0 Å².